The number of rotatable bonds is 4. The molecule has 3 nitrogen and oxygen atoms in total. The van der Waals surface area contributed by atoms with E-state index in [-0.39, 0.29) is 11.8 Å². The first-order valence-corrected chi connectivity index (χ1v) is 6.96. The highest BCUT2D eigenvalue weighted by Gasteiger charge is 2.29. The standard InChI is InChI=1S/C17H18N2O/c1-2-19-11-7-8-14-12-5-3-4-6-13(12)16(10-17(18)20)15(14)9-11/h3-9,16,19H,2,10H2,1H3,(H2,18,20). The molecule has 0 spiro atoms. The van der Waals surface area contributed by atoms with Crippen molar-refractivity contribution in [2.45, 2.75) is 19.3 Å². The van der Waals surface area contributed by atoms with E-state index in [1.54, 1.807) is 0 Å². The highest BCUT2D eigenvalue weighted by Crippen LogP contribution is 2.46. The summed E-state index contributed by atoms with van der Waals surface area (Å²) < 4.78 is 0. The molecule has 0 aromatic heterocycles. The maximum Gasteiger partial charge on any atom is 0.218 e. The van der Waals surface area contributed by atoms with Gasteiger partial charge in [-0.1, -0.05) is 30.3 Å². The van der Waals surface area contributed by atoms with Gasteiger partial charge in [0.25, 0.3) is 0 Å². The summed E-state index contributed by atoms with van der Waals surface area (Å²) in [6.07, 6.45) is 0.361. The second kappa shape index (κ2) is 5.00. The minimum absolute atomic E-state index is 0.0808. The number of hydrogen-bond donors (Lipinski definition) is 2. The summed E-state index contributed by atoms with van der Waals surface area (Å²) in [6, 6.07) is 14.6. The van der Waals surface area contributed by atoms with Crippen molar-refractivity contribution in [2.75, 3.05) is 11.9 Å². The second-order valence-corrected chi connectivity index (χ2v) is 5.14. The van der Waals surface area contributed by atoms with Crippen LogP contribution in [-0.4, -0.2) is 12.5 Å². The number of nitrogens with one attached hydrogen (secondary N) is 1. The summed E-state index contributed by atoms with van der Waals surface area (Å²) in [5.41, 5.74) is 11.4. The van der Waals surface area contributed by atoms with Gasteiger partial charge >= 0.3 is 0 Å². The smallest absolute Gasteiger partial charge is 0.218 e. The van der Waals surface area contributed by atoms with Crippen LogP contribution < -0.4 is 11.1 Å². The van der Waals surface area contributed by atoms with Gasteiger partial charge in [0, 0.05) is 24.6 Å². The zero-order chi connectivity index (χ0) is 14.1. The molecule has 0 radical (unpaired) electrons. The predicted molar refractivity (Wildman–Crippen MR) is 81.7 cm³/mol. The van der Waals surface area contributed by atoms with Gasteiger partial charge in [-0.2, -0.15) is 0 Å². The fourth-order valence-electron chi connectivity index (χ4n) is 3.05. The fraction of sp³-hybridized carbons (Fsp3) is 0.235. The predicted octanol–water partition coefficient (Wildman–Crippen LogP) is 3.11. The lowest BCUT2D eigenvalue weighted by Gasteiger charge is -2.13. The highest BCUT2D eigenvalue weighted by molar-refractivity contribution is 5.84. The molecule has 0 saturated heterocycles. The first-order chi connectivity index (χ1) is 9.70. The molecule has 2 aromatic carbocycles. The minimum atomic E-state index is -0.258. The van der Waals surface area contributed by atoms with Crippen LogP contribution in [0.1, 0.15) is 30.4 Å². The topological polar surface area (TPSA) is 55.1 Å². The molecule has 1 aliphatic carbocycles. The maximum atomic E-state index is 11.4. The van der Waals surface area contributed by atoms with E-state index >= 15 is 0 Å². The van der Waals surface area contributed by atoms with Gasteiger partial charge in [-0.25, -0.2) is 0 Å². The molecule has 0 bridgehead atoms. The molecule has 1 unspecified atom stereocenters. The van der Waals surface area contributed by atoms with Crippen LogP contribution in [0.4, 0.5) is 5.69 Å². The Kier molecular flexibility index (Phi) is 3.18. The molecule has 1 aliphatic rings. The van der Waals surface area contributed by atoms with E-state index in [2.05, 4.69) is 42.6 Å². The molecular formula is C17H18N2O. The van der Waals surface area contributed by atoms with Crippen molar-refractivity contribution in [3.8, 4) is 11.1 Å². The van der Waals surface area contributed by atoms with Crippen LogP contribution in [0.5, 0.6) is 0 Å². The molecule has 0 aliphatic heterocycles. The number of carbonyl (C=O) groups excluding carboxylic acids is 1. The first-order valence-electron chi connectivity index (χ1n) is 6.96. The molecule has 3 rings (SSSR count). The summed E-state index contributed by atoms with van der Waals surface area (Å²) in [5.74, 6) is -0.177. The number of amides is 1. The second-order valence-electron chi connectivity index (χ2n) is 5.14. The van der Waals surface area contributed by atoms with Crippen LogP contribution in [0.3, 0.4) is 0 Å². The zero-order valence-electron chi connectivity index (χ0n) is 11.5. The molecule has 0 heterocycles. The van der Waals surface area contributed by atoms with E-state index in [1.807, 2.05) is 12.1 Å². The van der Waals surface area contributed by atoms with E-state index in [0.29, 0.717) is 6.42 Å². The lowest BCUT2D eigenvalue weighted by molar-refractivity contribution is -0.118. The van der Waals surface area contributed by atoms with Crippen molar-refractivity contribution in [3.05, 3.63) is 53.6 Å². The Morgan fingerprint density at radius 2 is 1.90 bits per heavy atom. The molecule has 102 valence electrons. The van der Waals surface area contributed by atoms with Crippen LogP contribution in [0.25, 0.3) is 11.1 Å². The molecule has 0 fully saturated rings. The van der Waals surface area contributed by atoms with E-state index in [1.165, 1.54) is 22.3 Å². The van der Waals surface area contributed by atoms with Gasteiger partial charge < -0.3 is 11.1 Å². The van der Waals surface area contributed by atoms with Gasteiger partial charge in [0.2, 0.25) is 5.91 Å². The van der Waals surface area contributed by atoms with E-state index < -0.39 is 0 Å². The lowest BCUT2D eigenvalue weighted by atomic mass is 9.93. The Labute approximate surface area is 118 Å². The summed E-state index contributed by atoms with van der Waals surface area (Å²) in [7, 11) is 0. The number of hydrogen-bond acceptors (Lipinski definition) is 2. The Morgan fingerprint density at radius 1 is 1.15 bits per heavy atom. The zero-order valence-corrected chi connectivity index (χ0v) is 11.5. The summed E-state index contributed by atoms with van der Waals surface area (Å²) in [5, 5.41) is 3.32. The highest BCUT2D eigenvalue weighted by atomic mass is 16.1. The molecular weight excluding hydrogens is 248 g/mol. The van der Waals surface area contributed by atoms with E-state index in [9.17, 15) is 4.79 Å². The number of primary amides is 1. The fourth-order valence-corrected chi connectivity index (χ4v) is 3.05. The van der Waals surface area contributed by atoms with Crippen LogP contribution in [0.2, 0.25) is 0 Å². The first kappa shape index (κ1) is 12.7. The molecule has 20 heavy (non-hydrogen) atoms. The van der Waals surface area contributed by atoms with Gasteiger partial charge in [0.1, 0.15) is 0 Å². The largest absolute Gasteiger partial charge is 0.385 e. The van der Waals surface area contributed by atoms with E-state index in [0.717, 1.165) is 12.2 Å². The van der Waals surface area contributed by atoms with Gasteiger partial charge in [-0.05, 0) is 41.3 Å². The third-order valence-corrected chi connectivity index (χ3v) is 3.84. The normalized spacial score (nSPS) is 15.6. The van der Waals surface area contributed by atoms with Crippen LogP contribution >= 0.6 is 0 Å². The van der Waals surface area contributed by atoms with Crippen molar-refractivity contribution in [2.24, 2.45) is 5.73 Å². The summed E-state index contributed by atoms with van der Waals surface area (Å²) >= 11 is 0. The molecule has 1 atom stereocenters. The number of carbonyl (C=O) groups is 1. The van der Waals surface area contributed by atoms with Crippen molar-refractivity contribution < 1.29 is 4.79 Å². The Morgan fingerprint density at radius 3 is 2.65 bits per heavy atom. The number of benzene rings is 2. The molecule has 2 aromatic rings. The quantitative estimate of drug-likeness (QED) is 0.893. The van der Waals surface area contributed by atoms with Gasteiger partial charge in [0.05, 0.1) is 0 Å². The SMILES string of the molecule is CCNc1ccc2c(c1)C(CC(N)=O)c1ccccc1-2. The van der Waals surface area contributed by atoms with Crippen LogP contribution in [0.15, 0.2) is 42.5 Å². The average Bonchev–Trinajstić information content (AvgIpc) is 2.73. The van der Waals surface area contributed by atoms with E-state index in [4.69, 9.17) is 5.73 Å². The maximum absolute atomic E-state index is 11.4. The third-order valence-electron chi connectivity index (χ3n) is 3.84. The minimum Gasteiger partial charge on any atom is -0.385 e. The Balaban J connectivity index is 2.12. The van der Waals surface area contributed by atoms with Crippen molar-refractivity contribution in [1.82, 2.24) is 0 Å². The third kappa shape index (κ3) is 2.05. The lowest BCUT2D eigenvalue weighted by Crippen LogP contribution is -2.15. The Hall–Kier alpha value is -2.29. The van der Waals surface area contributed by atoms with Crippen molar-refractivity contribution >= 4 is 11.6 Å². The van der Waals surface area contributed by atoms with Gasteiger partial charge in [0.15, 0.2) is 0 Å². The van der Waals surface area contributed by atoms with Crippen molar-refractivity contribution in [1.29, 1.82) is 0 Å². The van der Waals surface area contributed by atoms with Crippen LogP contribution in [0, 0.1) is 0 Å². The summed E-state index contributed by atoms with van der Waals surface area (Å²) in [6.45, 7) is 2.95. The monoisotopic (exact) mass is 266 g/mol. The molecule has 3 N–H and O–H groups in total. The molecule has 3 heteroatoms. The van der Waals surface area contributed by atoms with Gasteiger partial charge in [-0.3, -0.25) is 4.79 Å². The van der Waals surface area contributed by atoms with Crippen molar-refractivity contribution in [3.63, 3.8) is 0 Å². The Bertz CT molecular complexity index is 664. The summed E-state index contributed by atoms with van der Waals surface area (Å²) in [4.78, 5) is 11.4. The van der Waals surface area contributed by atoms with Gasteiger partial charge in [-0.15, -0.1) is 0 Å². The number of anilines is 1. The number of nitrogens with two attached hydrogens (primary N) is 1. The number of fused-ring (bicyclic) bond motifs is 3. The molecule has 0 saturated carbocycles. The molecule has 1 amide bonds. The van der Waals surface area contributed by atoms with Crippen LogP contribution in [-0.2, 0) is 4.79 Å². The average molecular weight is 266 g/mol.